The summed E-state index contributed by atoms with van der Waals surface area (Å²) in [6.45, 7) is 0. The Bertz CT molecular complexity index is 494. The van der Waals surface area contributed by atoms with Crippen LogP contribution < -0.4 is 0 Å². The van der Waals surface area contributed by atoms with Gasteiger partial charge in [-0.05, 0) is 39.8 Å². The van der Waals surface area contributed by atoms with Crippen LogP contribution in [0.5, 0.6) is 0 Å². The van der Waals surface area contributed by atoms with Crippen molar-refractivity contribution in [3.05, 3.63) is 27.9 Å². The van der Waals surface area contributed by atoms with E-state index < -0.39 is 5.97 Å². The number of furan rings is 1. The summed E-state index contributed by atoms with van der Waals surface area (Å²) in [4.78, 5) is 14.7. The molecule has 0 aliphatic heterocycles. The van der Waals surface area contributed by atoms with Crippen LogP contribution in [0.3, 0.4) is 0 Å². The maximum Gasteiger partial charge on any atom is 0.371 e. The number of carbonyl (C=O) groups is 1. The SMILES string of the molecule is O=C(O)c1ccc(Sc2nc(Br)cs2)o1. The summed E-state index contributed by atoms with van der Waals surface area (Å²) in [6.07, 6.45) is 0. The monoisotopic (exact) mass is 305 g/mol. The van der Waals surface area contributed by atoms with Crippen molar-refractivity contribution >= 4 is 45.0 Å². The van der Waals surface area contributed by atoms with E-state index in [1.54, 1.807) is 6.07 Å². The molecule has 0 radical (unpaired) electrons. The van der Waals surface area contributed by atoms with Crippen LogP contribution in [0.4, 0.5) is 0 Å². The summed E-state index contributed by atoms with van der Waals surface area (Å²) in [6, 6.07) is 3.04. The summed E-state index contributed by atoms with van der Waals surface area (Å²) in [7, 11) is 0. The highest BCUT2D eigenvalue weighted by atomic mass is 79.9. The molecule has 2 aromatic heterocycles. The van der Waals surface area contributed by atoms with Gasteiger partial charge in [0.15, 0.2) is 9.43 Å². The first kappa shape index (κ1) is 10.7. The van der Waals surface area contributed by atoms with Crippen molar-refractivity contribution in [3.63, 3.8) is 0 Å². The average Bonchev–Trinajstić information content (AvgIpc) is 2.76. The Hall–Kier alpha value is -0.790. The summed E-state index contributed by atoms with van der Waals surface area (Å²) in [5.41, 5.74) is 0. The van der Waals surface area contributed by atoms with Crippen LogP contribution in [0, 0.1) is 0 Å². The second-order valence-electron chi connectivity index (χ2n) is 2.46. The molecule has 1 N–H and O–H groups in total. The van der Waals surface area contributed by atoms with Gasteiger partial charge in [0.25, 0.3) is 0 Å². The predicted molar refractivity (Wildman–Crippen MR) is 59.6 cm³/mol. The van der Waals surface area contributed by atoms with Crippen molar-refractivity contribution in [2.24, 2.45) is 0 Å². The van der Waals surface area contributed by atoms with Gasteiger partial charge >= 0.3 is 5.97 Å². The van der Waals surface area contributed by atoms with E-state index in [0.29, 0.717) is 5.09 Å². The second-order valence-corrected chi connectivity index (χ2v) is 5.38. The van der Waals surface area contributed by atoms with E-state index in [1.165, 1.54) is 29.2 Å². The topological polar surface area (TPSA) is 63.3 Å². The van der Waals surface area contributed by atoms with Gasteiger partial charge in [0.05, 0.1) is 0 Å². The standard InChI is InChI=1S/C8H4BrNO3S2/c9-5-3-14-8(10-5)15-6-2-1-4(13-6)7(11)12/h1-3H,(H,11,12). The van der Waals surface area contributed by atoms with E-state index in [4.69, 9.17) is 9.52 Å². The van der Waals surface area contributed by atoms with Crippen LogP contribution in [0.2, 0.25) is 0 Å². The molecule has 0 saturated heterocycles. The van der Waals surface area contributed by atoms with Crippen LogP contribution in [-0.4, -0.2) is 16.1 Å². The third-order valence-corrected chi connectivity index (χ3v) is 4.00. The van der Waals surface area contributed by atoms with E-state index in [0.717, 1.165) is 8.94 Å². The van der Waals surface area contributed by atoms with Gasteiger partial charge in [0, 0.05) is 5.38 Å². The van der Waals surface area contributed by atoms with Gasteiger partial charge in [0.2, 0.25) is 5.76 Å². The van der Waals surface area contributed by atoms with Gasteiger partial charge in [-0.1, -0.05) is 0 Å². The number of hydrogen-bond donors (Lipinski definition) is 1. The highest BCUT2D eigenvalue weighted by molar-refractivity contribution is 9.10. The molecular weight excluding hydrogens is 302 g/mol. The molecule has 0 unspecified atom stereocenters. The maximum absolute atomic E-state index is 10.5. The van der Waals surface area contributed by atoms with Gasteiger partial charge in [0.1, 0.15) is 4.60 Å². The molecule has 0 aliphatic rings. The Morgan fingerprint density at radius 3 is 2.93 bits per heavy atom. The molecule has 0 saturated carbocycles. The van der Waals surface area contributed by atoms with Crippen LogP contribution >= 0.6 is 39.0 Å². The molecule has 7 heteroatoms. The van der Waals surface area contributed by atoms with Crippen molar-refractivity contribution < 1.29 is 14.3 Å². The fourth-order valence-corrected chi connectivity index (χ4v) is 3.12. The molecule has 4 nitrogen and oxygen atoms in total. The number of hydrogen-bond acceptors (Lipinski definition) is 5. The Labute approximate surface area is 101 Å². The molecule has 2 aromatic rings. The van der Waals surface area contributed by atoms with Gasteiger partial charge in [-0.3, -0.25) is 0 Å². The normalized spacial score (nSPS) is 10.5. The van der Waals surface area contributed by atoms with Crippen LogP contribution in [0.15, 0.2) is 36.0 Å². The smallest absolute Gasteiger partial charge is 0.371 e. The summed E-state index contributed by atoms with van der Waals surface area (Å²) >= 11 is 5.99. The number of aromatic nitrogens is 1. The molecule has 15 heavy (non-hydrogen) atoms. The number of rotatable bonds is 3. The van der Waals surface area contributed by atoms with Gasteiger partial charge in [-0.25, -0.2) is 9.78 Å². The van der Waals surface area contributed by atoms with Crippen molar-refractivity contribution in [1.29, 1.82) is 0 Å². The van der Waals surface area contributed by atoms with Crippen LogP contribution in [0.1, 0.15) is 10.6 Å². The first-order valence-electron chi connectivity index (χ1n) is 3.77. The first-order valence-corrected chi connectivity index (χ1v) is 6.26. The number of halogens is 1. The molecule has 2 rings (SSSR count). The van der Waals surface area contributed by atoms with Crippen molar-refractivity contribution in [2.45, 2.75) is 9.43 Å². The minimum absolute atomic E-state index is 0.0619. The van der Waals surface area contributed by atoms with E-state index in [1.807, 2.05) is 5.38 Å². The van der Waals surface area contributed by atoms with Crippen LogP contribution in [-0.2, 0) is 0 Å². The zero-order valence-corrected chi connectivity index (χ0v) is 10.4. The Morgan fingerprint density at radius 2 is 2.40 bits per heavy atom. The zero-order chi connectivity index (χ0) is 10.8. The van der Waals surface area contributed by atoms with Crippen molar-refractivity contribution in [1.82, 2.24) is 4.98 Å². The van der Waals surface area contributed by atoms with E-state index in [-0.39, 0.29) is 5.76 Å². The molecule has 2 heterocycles. The molecule has 0 amide bonds. The minimum Gasteiger partial charge on any atom is -0.475 e. The summed E-state index contributed by atoms with van der Waals surface area (Å²) in [5, 5.41) is 11.0. The van der Waals surface area contributed by atoms with Crippen LogP contribution in [0.25, 0.3) is 0 Å². The lowest BCUT2D eigenvalue weighted by Crippen LogP contribution is -1.91. The molecular formula is C8H4BrNO3S2. The predicted octanol–water partition coefficient (Wildman–Crippen LogP) is 3.35. The highest BCUT2D eigenvalue weighted by Gasteiger charge is 2.11. The molecule has 78 valence electrons. The third-order valence-electron chi connectivity index (χ3n) is 1.44. The summed E-state index contributed by atoms with van der Waals surface area (Å²) in [5.74, 6) is -1.13. The molecule has 0 spiro atoms. The first-order chi connectivity index (χ1) is 7.15. The second kappa shape index (κ2) is 4.38. The van der Waals surface area contributed by atoms with E-state index in [9.17, 15) is 4.79 Å². The quantitative estimate of drug-likeness (QED) is 0.942. The Balaban J connectivity index is 2.14. The molecule has 0 bridgehead atoms. The molecule has 0 fully saturated rings. The van der Waals surface area contributed by atoms with E-state index in [2.05, 4.69) is 20.9 Å². The lowest BCUT2D eigenvalue weighted by atomic mass is 10.5. The molecule has 0 atom stereocenters. The van der Waals surface area contributed by atoms with Gasteiger partial charge in [-0.15, -0.1) is 11.3 Å². The summed E-state index contributed by atoms with van der Waals surface area (Å²) < 4.78 is 6.64. The lowest BCUT2D eigenvalue weighted by Gasteiger charge is -1.90. The zero-order valence-electron chi connectivity index (χ0n) is 7.14. The number of carboxylic acid groups (broad SMARTS) is 1. The lowest BCUT2D eigenvalue weighted by molar-refractivity contribution is 0.0656. The maximum atomic E-state index is 10.5. The van der Waals surface area contributed by atoms with Crippen molar-refractivity contribution in [3.8, 4) is 0 Å². The fraction of sp³-hybridized carbons (Fsp3) is 0. The Morgan fingerprint density at radius 1 is 1.60 bits per heavy atom. The van der Waals surface area contributed by atoms with Gasteiger partial charge < -0.3 is 9.52 Å². The van der Waals surface area contributed by atoms with E-state index >= 15 is 0 Å². The fourth-order valence-electron chi connectivity index (χ4n) is 0.862. The number of carboxylic acids is 1. The van der Waals surface area contributed by atoms with Crippen molar-refractivity contribution in [2.75, 3.05) is 0 Å². The number of thiazole rings is 1. The highest BCUT2D eigenvalue weighted by Crippen LogP contribution is 2.32. The minimum atomic E-state index is -1.07. The number of nitrogens with zero attached hydrogens (tertiary/aromatic N) is 1. The largest absolute Gasteiger partial charge is 0.475 e. The Kier molecular flexibility index (Phi) is 3.13. The molecule has 0 aliphatic carbocycles. The van der Waals surface area contributed by atoms with Gasteiger partial charge in [-0.2, -0.15) is 0 Å². The average molecular weight is 306 g/mol. The molecule has 0 aromatic carbocycles. The number of aromatic carboxylic acids is 1. The third kappa shape index (κ3) is 2.61.